The number of amides is 2. The summed E-state index contributed by atoms with van der Waals surface area (Å²) in [5.41, 5.74) is 0.738. The van der Waals surface area contributed by atoms with Crippen LogP contribution in [-0.4, -0.2) is 23.1 Å². The number of benzene rings is 1. The topological polar surface area (TPSA) is 78.4 Å². The van der Waals surface area contributed by atoms with Gasteiger partial charge in [-0.05, 0) is 37.0 Å². The Morgan fingerprint density at radius 3 is 2.19 bits per heavy atom. The molecule has 0 heterocycles. The molecule has 1 aromatic carbocycles. The summed E-state index contributed by atoms with van der Waals surface area (Å²) < 4.78 is 12.8. The third-order valence-corrected chi connectivity index (χ3v) is 3.03. The van der Waals surface area contributed by atoms with E-state index in [1.54, 1.807) is 19.1 Å². The van der Waals surface area contributed by atoms with Crippen molar-refractivity contribution in [3.63, 3.8) is 0 Å². The van der Waals surface area contributed by atoms with Crippen molar-refractivity contribution in [3.05, 3.63) is 35.6 Å². The fourth-order valence-corrected chi connectivity index (χ4v) is 1.92. The van der Waals surface area contributed by atoms with E-state index >= 15 is 0 Å². The van der Waals surface area contributed by atoms with Crippen molar-refractivity contribution in [1.29, 1.82) is 0 Å². The number of nitrogens with one attached hydrogen (secondary N) is 2. The highest BCUT2D eigenvalue weighted by Crippen LogP contribution is 2.12. The summed E-state index contributed by atoms with van der Waals surface area (Å²) in [6.07, 6.45) is 0.355. The van der Waals surface area contributed by atoms with E-state index in [4.69, 9.17) is 5.11 Å². The first-order valence-corrected chi connectivity index (χ1v) is 6.85. The van der Waals surface area contributed by atoms with E-state index in [-0.39, 0.29) is 17.8 Å². The van der Waals surface area contributed by atoms with Crippen molar-refractivity contribution < 1.29 is 19.1 Å². The zero-order chi connectivity index (χ0) is 16.0. The van der Waals surface area contributed by atoms with Crippen molar-refractivity contribution in [2.24, 2.45) is 5.92 Å². The lowest BCUT2D eigenvalue weighted by Gasteiger charge is -2.19. The van der Waals surface area contributed by atoms with Crippen LogP contribution in [-0.2, 0) is 4.79 Å². The molecule has 0 saturated carbocycles. The van der Waals surface area contributed by atoms with Crippen LogP contribution in [0.3, 0.4) is 0 Å². The summed E-state index contributed by atoms with van der Waals surface area (Å²) in [7, 11) is 0. The molecule has 3 N–H and O–H groups in total. The summed E-state index contributed by atoms with van der Waals surface area (Å²) in [5.74, 6) is -1.26. The van der Waals surface area contributed by atoms with Crippen LogP contribution in [0, 0.1) is 11.7 Å². The van der Waals surface area contributed by atoms with E-state index < -0.39 is 18.0 Å². The molecular weight excluding hydrogens is 275 g/mol. The minimum absolute atomic E-state index is 0.154. The first-order chi connectivity index (χ1) is 9.79. The number of carbonyl (C=O) groups is 2. The normalized spacial score (nSPS) is 13.6. The Labute approximate surface area is 123 Å². The summed E-state index contributed by atoms with van der Waals surface area (Å²) in [4.78, 5) is 22.9. The Morgan fingerprint density at radius 2 is 1.71 bits per heavy atom. The molecule has 1 aromatic rings. The molecule has 2 amide bonds. The van der Waals surface area contributed by atoms with Crippen LogP contribution in [0.2, 0.25) is 0 Å². The highest BCUT2D eigenvalue weighted by molar-refractivity contribution is 5.82. The molecule has 116 valence electrons. The molecule has 2 unspecified atom stereocenters. The number of hydrogen-bond donors (Lipinski definition) is 3. The lowest BCUT2D eigenvalue weighted by Crippen LogP contribution is -2.47. The predicted octanol–water partition coefficient (Wildman–Crippen LogP) is 2.69. The molecule has 21 heavy (non-hydrogen) atoms. The van der Waals surface area contributed by atoms with Crippen LogP contribution in [0.4, 0.5) is 9.18 Å². The van der Waals surface area contributed by atoms with Crippen molar-refractivity contribution in [3.8, 4) is 0 Å². The molecule has 0 aliphatic heterocycles. The van der Waals surface area contributed by atoms with Gasteiger partial charge in [-0.3, -0.25) is 0 Å². The third-order valence-electron chi connectivity index (χ3n) is 3.03. The van der Waals surface area contributed by atoms with E-state index in [1.165, 1.54) is 12.1 Å². The summed E-state index contributed by atoms with van der Waals surface area (Å²) >= 11 is 0. The Morgan fingerprint density at radius 1 is 1.14 bits per heavy atom. The fraction of sp³-hybridized carbons (Fsp3) is 0.467. The fourth-order valence-electron chi connectivity index (χ4n) is 1.92. The highest BCUT2D eigenvalue weighted by Gasteiger charge is 2.21. The van der Waals surface area contributed by atoms with E-state index in [0.717, 1.165) is 5.56 Å². The zero-order valence-corrected chi connectivity index (χ0v) is 12.4. The molecule has 6 heteroatoms. The molecule has 2 atom stereocenters. The Kier molecular flexibility index (Phi) is 6.14. The number of carboxylic acids is 1. The Hall–Kier alpha value is -2.11. The van der Waals surface area contributed by atoms with Gasteiger partial charge in [-0.2, -0.15) is 0 Å². The first-order valence-electron chi connectivity index (χ1n) is 6.85. The molecule has 0 fully saturated rings. The Bertz CT molecular complexity index is 488. The largest absolute Gasteiger partial charge is 0.480 e. The molecule has 0 saturated heterocycles. The maximum absolute atomic E-state index is 12.8. The highest BCUT2D eigenvalue weighted by atomic mass is 19.1. The average molecular weight is 296 g/mol. The lowest BCUT2D eigenvalue weighted by molar-refractivity contribution is -0.139. The second-order valence-electron chi connectivity index (χ2n) is 5.41. The maximum Gasteiger partial charge on any atom is 0.326 e. The molecular formula is C15H21FN2O3. The second-order valence-corrected chi connectivity index (χ2v) is 5.41. The van der Waals surface area contributed by atoms with Crippen molar-refractivity contribution in [2.75, 3.05) is 0 Å². The number of halogens is 1. The van der Waals surface area contributed by atoms with Crippen LogP contribution < -0.4 is 10.6 Å². The minimum Gasteiger partial charge on any atom is -0.480 e. The van der Waals surface area contributed by atoms with Crippen LogP contribution in [0.25, 0.3) is 0 Å². The van der Waals surface area contributed by atoms with Gasteiger partial charge in [-0.15, -0.1) is 0 Å². The van der Waals surface area contributed by atoms with Gasteiger partial charge in [-0.25, -0.2) is 14.0 Å². The molecule has 0 aliphatic carbocycles. The first kappa shape index (κ1) is 16.9. The predicted molar refractivity (Wildman–Crippen MR) is 77.4 cm³/mol. The standard InChI is InChI=1S/C15H21FN2O3/c1-9(2)8-13(14(19)20)18-15(21)17-10(3)11-4-6-12(16)7-5-11/h4-7,9-10,13H,8H2,1-3H3,(H,19,20)(H2,17,18,21). The summed E-state index contributed by atoms with van der Waals surface area (Å²) in [6, 6.07) is 3.94. The molecule has 0 bridgehead atoms. The van der Waals surface area contributed by atoms with Gasteiger partial charge in [0.25, 0.3) is 0 Å². The van der Waals surface area contributed by atoms with Gasteiger partial charge in [0.15, 0.2) is 0 Å². The number of rotatable bonds is 6. The number of hydrogen-bond acceptors (Lipinski definition) is 2. The number of carboxylic acid groups (broad SMARTS) is 1. The second kappa shape index (κ2) is 7.61. The van der Waals surface area contributed by atoms with E-state index in [0.29, 0.717) is 6.42 Å². The van der Waals surface area contributed by atoms with Gasteiger partial charge in [0.05, 0.1) is 6.04 Å². The molecule has 1 rings (SSSR count). The van der Waals surface area contributed by atoms with Gasteiger partial charge < -0.3 is 15.7 Å². The van der Waals surface area contributed by atoms with Crippen molar-refractivity contribution in [2.45, 2.75) is 39.3 Å². The van der Waals surface area contributed by atoms with Crippen LogP contribution in [0.15, 0.2) is 24.3 Å². The van der Waals surface area contributed by atoms with E-state index in [2.05, 4.69) is 10.6 Å². The molecule has 0 spiro atoms. The zero-order valence-electron chi connectivity index (χ0n) is 12.4. The SMILES string of the molecule is CC(C)CC(NC(=O)NC(C)c1ccc(F)cc1)C(=O)O. The Balaban J connectivity index is 2.59. The third kappa shape index (κ3) is 5.81. The molecule has 5 nitrogen and oxygen atoms in total. The van der Waals surface area contributed by atoms with Crippen LogP contribution in [0.1, 0.15) is 38.8 Å². The van der Waals surface area contributed by atoms with E-state index in [1.807, 2.05) is 13.8 Å². The van der Waals surface area contributed by atoms with Crippen LogP contribution >= 0.6 is 0 Å². The van der Waals surface area contributed by atoms with Gasteiger partial charge in [0.1, 0.15) is 11.9 Å². The summed E-state index contributed by atoms with van der Waals surface area (Å²) in [5, 5.41) is 14.1. The monoisotopic (exact) mass is 296 g/mol. The lowest BCUT2D eigenvalue weighted by atomic mass is 10.0. The van der Waals surface area contributed by atoms with Crippen molar-refractivity contribution in [1.82, 2.24) is 10.6 Å². The molecule has 0 aliphatic rings. The maximum atomic E-state index is 12.8. The van der Waals surface area contributed by atoms with Gasteiger partial charge in [-0.1, -0.05) is 26.0 Å². The number of aliphatic carboxylic acids is 1. The summed E-state index contributed by atoms with van der Waals surface area (Å²) in [6.45, 7) is 5.51. The van der Waals surface area contributed by atoms with Gasteiger partial charge in [0.2, 0.25) is 0 Å². The van der Waals surface area contributed by atoms with E-state index in [9.17, 15) is 14.0 Å². The van der Waals surface area contributed by atoms with Gasteiger partial charge >= 0.3 is 12.0 Å². The van der Waals surface area contributed by atoms with Gasteiger partial charge in [0, 0.05) is 0 Å². The minimum atomic E-state index is -1.06. The number of carbonyl (C=O) groups excluding carboxylic acids is 1. The average Bonchev–Trinajstić information content (AvgIpc) is 2.37. The van der Waals surface area contributed by atoms with Crippen molar-refractivity contribution >= 4 is 12.0 Å². The van der Waals surface area contributed by atoms with Crippen LogP contribution in [0.5, 0.6) is 0 Å². The molecule has 0 aromatic heterocycles. The molecule has 0 radical (unpaired) electrons. The smallest absolute Gasteiger partial charge is 0.326 e. The number of urea groups is 1. The quantitative estimate of drug-likeness (QED) is 0.755.